The standard InChI is InChI=1S/C33H23N2.C15H10N.Ir/c1-5-13-24(14-6-1)28-21-30(26-17-9-3-10-18-26)34-32(28)23-33-29(25-15-7-2-8-16-25)22-31(35-33)27-19-11-4-12-20-27;1-2-6-13-11-14(9-8-12(13)5-1)15-7-3-4-10-16-15;/h1-23H;1-8,10-11H;/q2*-1;/b32-23-;;. The van der Waals surface area contributed by atoms with Crippen molar-refractivity contribution < 1.29 is 20.1 Å². The van der Waals surface area contributed by atoms with Crippen LogP contribution in [0.5, 0.6) is 0 Å². The van der Waals surface area contributed by atoms with E-state index in [2.05, 4.69) is 120 Å². The minimum Gasteiger partial charge on any atom is -0.657 e. The maximum atomic E-state index is 5.07. The average molecular weight is 844 g/mol. The van der Waals surface area contributed by atoms with Gasteiger partial charge in [0.05, 0.1) is 11.4 Å². The molecular weight excluding hydrogens is 811 g/mol. The van der Waals surface area contributed by atoms with Gasteiger partial charge in [-0.05, 0) is 46.2 Å². The largest absolute Gasteiger partial charge is 0.657 e. The Morgan fingerprint density at radius 2 is 1.12 bits per heavy atom. The van der Waals surface area contributed by atoms with Gasteiger partial charge in [0.2, 0.25) is 0 Å². The van der Waals surface area contributed by atoms with Gasteiger partial charge in [0.1, 0.15) is 0 Å². The van der Waals surface area contributed by atoms with Gasteiger partial charge in [0, 0.05) is 37.4 Å². The first-order chi connectivity index (χ1) is 25.3. The number of fused-ring (bicyclic) bond motifs is 1. The van der Waals surface area contributed by atoms with E-state index in [9.17, 15) is 0 Å². The van der Waals surface area contributed by atoms with E-state index in [1.54, 1.807) is 6.20 Å². The third kappa shape index (κ3) is 7.75. The molecule has 0 saturated heterocycles. The van der Waals surface area contributed by atoms with Crippen LogP contribution in [0.25, 0.3) is 56.1 Å². The molecule has 0 unspecified atom stereocenters. The van der Waals surface area contributed by atoms with Crippen LogP contribution >= 0.6 is 0 Å². The number of hydrogen-bond donors (Lipinski definition) is 0. The minimum atomic E-state index is 0. The molecule has 52 heavy (non-hydrogen) atoms. The van der Waals surface area contributed by atoms with Gasteiger partial charge in [-0.1, -0.05) is 169 Å². The van der Waals surface area contributed by atoms with E-state index < -0.39 is 0 Å². The number of hydrogen-bond acceptors (Lipinski definition) is 2. The van der Waals surface area contributed by atoms with Crippen molar-refractivity contribution >= 4 is 28.1 Å². The zero-order chi connectivity index (χ0) is 34.2. The SMILES string of the molecule is C1=C(c2ccccc2)/C(=C/c2[n-]c(-c3ccccc3)cc2-c2ccccc2)N=C1c1ccccc1.[Ir].[c-]1cc2ccccc2cc1-c1ccccn1. The first-order valence-electron chi connectivity index (χ1n) is 17.0. The van der Waals surface area contributed by atoms with Crippen molar-refractivity contribution in [1.29, 1.82) is 0 Å². The maximum Gasteiger partial charge on any atom is 0.0716 e. The van der Waals surface area contributed by atoms with Crippen LogP contribution in [0.4, 0.5) is 0 Å². The first-order valence-corrected chi connectivity index (χ1v) is 17.0. The molecule has 0 amide bonds. The summed E-state index contributed by atoms with van der Waals surface area (Å²) in [5.74, 6) is 0. The van der Waals surface area contributed by atoms with E-state index in [0.29, 0.717) is 0 Å². The minimum absolute atomic E-state index is 0. The molecule has 0 spiro atoms. The molecule has 1 aliphatic heterocycles. The summed E-state index contributed by atoms with van der Waals surface area (Å²) in [5.41, 5.74) is 12.5. The number of pyridine rings is 1. The summed E-state index contributed by atoms with van der Waals surface area (Å²) in [6.07, 6.45) is 6.11. The molecule has 0 saturated carbocycles. The Labute approximate surface area is 318 Å². The molecule has 3 nitrogen and oxygen atoms in total. The quantitative estimate of drug-likeness (QED) is 0.156. The molecule has 0 N–H and O–H groups in total. The van der Waals surface area contributed by atoms with Gasteiger partial charge in [-0.15, -0.1) is 40.5 Å². The van der Waals surface area contributed by atoms with E-state index in [1.165, 1.54) is 10.8 Å². The Balaban J connectivity index is 0.000000207. The number of nitrogens with zero attached hydrogens (tertiary/aromatic N) is 3. The molecule has 251 valence electrons. The van der Waals surface area contributed by atoms with Crippen molar-refractivity contribution in [3.05, 3.63) is 223 Å². The molecule has 0 fully saturated rings. The molecule has 4 heteroatoms. The van der Waals surface area contributed by atoms with Crippen molar-refractivity contribution in [3.63, 3.8) is 0 Å². The van der Waals surface area contributed by atoms with Crippen molar-refractivity contribution in [1.82, 2.24) is 9.97 Å². The summed E-state index contributed by atoms with van der Waals surface area (Å²) in [5, 5.41) is 2.43. The van der Waals surface area contributed by atoms with Gasteiger partial charge >= 0.3 is 0 Å². The van der Waals surface area contributed by atoms with Crippen LogP contribution in [-0.2, 0) is 20.1 Å². The van der Waals surface area contributed by atoms with Gasteiger partial charge in [-0.3, -0.25) is 0 Å². The summed E-state index contributed by atoms with van der Waals surface area (Å²) < 4.78 is 0. The predicted octanol–water partition coefficient (Wildman–Crippen LogP) is 11.6. The van der Waals surface area contributed by atoms with Crippen LogP contribution in [-0.4, -0.2) is 10.7 Å². The van der Waals surface area contributed by atoms with Gasteiger partial charge in [0.15, 0.2) is 0 Å². The second-order valence-electron chi connectivity index (χ2n) is 12.2. The third-order valence-electron chi connectivity index (χ3n) is 8.80. The molecule has 0 bridgehead atoms. The summed E-state index contributed by atoms with van der Waals surface area (Å²) >= 11 is 0. The van der Waals surface area contributed by atoms with Gasteiger partial charge < -0.3 is 9.97 Å². The first kappa shape index (κ1) is 34.3. The van der Waals surface area contributed by atoms with E-state index in [4.69, 9.17) is 9.98 Å². The van der Waals surface area contributed by atoms with E-state index in [-0.39, 0.29) is 20.1 Å². The zero-order valence-corrected chi connectivity index (χ0v) is 30.6. The molecule has 8 aromatic rings. The fourth-order valence-electron chi connectivity index (χ4n) is 6.22. The van der Waals surface area contributed by atoms with E-state index in [0.717, 1.165) is 67.4 Å². The molecule has 0 atom stereocenters. The Hall–Kier alpha value is -6.19. The molecular formula is C48H33IrN3-2. The van der Waals surface area contributed by atoms with Gasteiger partial charge in [-0.25, -0.2) is 4.99 Å². The fourth-order valence-corrected chi connectivity index (χ4v) is 6.22. The predicted molar refractivity (Wildman–Crippen MR) is 212 cm³/mol. The van der Waals surface area contributed by atoms with Crippen molar-refractivity contribution in [3.8, 4) is 33.6 Å². The van der Waals surface area contributed by atoms with E-state index >= 15 is 0 Å². The van der Waals surface area contributed by atoms with E-state index in [1.807, 2.05) is 84.9 Å². The van der Waals surface area contributed by atoms with Gasteiger partial charge in [-0.2, -0.15) is 0 Å². The molecule has 2 aromatic heterocycles. The summed E-state index contributed by atoms with van der Waals surface area (Å²) in [7, 11) is 0. The normalized spacial score (nSPS) is 12.7. The third-order valence-corrected chi connectivity index (χ3v) is 8.80. The Kier molecular flexibility index (Phi) is 10.7. The van der Waals surface area contributed by atoms with Crippen LogP contribution in [0.15, 0.2) is 205 Å². The second kappa shape index (κ2) is 16.2. The fraction of sp³-hybridized carbons (Fsp3) is 0. The summed E-state index contributed by atoms with van der Waals surface area (Å²) in [6.45, 7) is 0. The number of allylic oxidation sites excluding steroid dienone is 2. The zero-order valence-electron chi connectivity index (χ0n) is 28.2. The van der Waals surface area contributed by atoms with Crippen LogP contribution in [0, 0.1) is 6.07 Å². The molecule has 9 rings (SSSR count). The van der Waals surface area contributed by atoms with Crippen LogP contribution in [0.2, 0.25) is 0 Å². The Morgan fingerprint density at radius 3 is 1.77 bits per heavy atom. The second-order valence-corrected chi connectivity index (χ2v) is 12.2. The van der Waals surface area contributed by atoms with Crippen molar-refractivity contribution in [2.24, 2.45) is 4.99 Å². The maximum absolute atomic E-state index is 5.07. The summed E-state index contributed by atoms with van der Waals surface area (Å²) in [4.78, 5) is 14.5. The topological polar surface area (TPSA) is 39.4 Å². The molecule has 1 aliphatic rings. The average Bonchev–Trinajstić information content (AvgIpc) is 3.85. The molecule has 6 aromatic carbocycles. The smallest absolute Gasteiger partial charge is 0.0716 e. The van der Waals surface area contributed by atoms with Gasteiger partial charge in [0.25, 0.3) is 0 Å². The molecule has 3 heterocycles. The van der Waals surface area contributed by atoms with Crippen LogP contribution in [0.3, 0.4) is 0 Å². The number of rotatable bonds is 6. The monoisotopic (exact) mass is 844 g/mol. The number of aromatic nitrogens is 2. The summed E-state index contributed by atoms with van der Waals surface area (Å²) in [6, 6.07) is 65.3. The van der Waals surface area contributed by atoms with Crippen molar-refractivity contribution in [2.45, 2.75) is 0 Å². The van der Waals surface area contributed by atoms with Crippen molar-refractivity contribution in [2.75, 3.05) is 0 Å². The molecule has 1 radical (unpaired) electrons. The molecule has 0 aliphatic carbocycles. The van der Waals surface area contributed by atoms with Crippen LogP contribution < -0.4 is 4.98 Å². The number of benzene rings is 6. The Bertz CT molecular complexity index is 2480. The Morgan fingerprint density at radius 1 is 0.538 bits per heavy atom. The van der Waals surface area contributed by atoms with Crippen LogP contribution in [0.1, 0.15) is 16.8 Å². The number of aliphatic imine (C=N–C) groups is 1.